The van der Waals surface area contributed by atoms with Crippen molar-refractivity contribution in [2.45, 2.75) is 38.3 Å². The highest BCUT2D eigenvalue weighted by Crippen LogP contribution is 2.35. The number of hydrogen-bond acceptors (Lipinski definition) is 4. The van der Waals surface area contributed by atoms with Crippen LogP contribution in [0.4, 0.5) is 0 Å². The van der Waals surface area contributed by atoms with Crippen molar-refractivity contribution in [1.82, 2.24) is 15.1 Å². The van der Waals surface area contributed by atoms with Crippen molar-refractivity contribution in [1.29, 1.82) is 0 Å². The highest BCUT2D eigenvalue weighted by molar-refractivity contribution is 5.92. The molecule has 0 fully saturated rings. The number of nitrogens with one attached hydrogen (secondary N) is 1. The maximum absolute atomic E-state index is 12.0. The van der Waals surface area contributed by atoms with Gasteiger partial charge in [-0.3, -0.25) is 9.48 Å². The van der Waals surface area contributed by atoms with Crippen LogP contribution >= 0.6 is 0 Å². The zero-order chi connectivity index (χ0) is 14.6. The van der Waals surface area contributed by atoms with Crippen LogP contribution in [0.2, 0.25) is 0 Å². The Bertz CT molecular complexity index is 561. The third-order valence-corrected chi connectivity index (χ3v) is 3.39. The van der Waals surface area contributed by atoms with Gasteiger partial charge in [0.2, 0.25) is 0 Å². The number of aromatic nitrogens is 2. The normalized spacial score (nSPS) is 14.8. The van der Waals surface area contributed by atoms with E-state index in [-0.39, 0.29) is 11.6 Å². The first-order valence-electron chi connectivity index (χ1n) is 6.79. The number of terminal acetylenes is 1. The standard InChI is InChI=1S/C14H19N5O/c1-4-6-7-14(17-18-14)8-9-15-13(20)12-10-11(5-2)16-19(12)3/h1,10H,5-9H2,2-3H3,(H,15,20). The molecule has 2 rings (SSSR count). The summed E-state index contributed by atoms with van der Waals surface area (Å²) in [5.41, 5.74) is 1.14. The first-order chi connectivity index (χ1) is 9.60. The number of nitrogens with zero attached hydrogens (tertiary/aromatic N) is 4. The monoisotopic (exact) mass is 273 g/mol. The molecule has 0 atom stereocenters. The molecule has 1 aliphatic rings. The molecule has 1 N–H and O–H groups in total. The fourth-order valence-electron chi connectivity index (χ4n) is 2.05. The van der Waals surface area contributed by atoms with Crippen molar-refractivity contribution in [3.63, 3.8) is 0 Å². The zero-order valence-electron chi connectivity index (χ0n) is 11.9. The van der Waals surface area contributed by atoms with Gasteiger partial charge in [0.25, 0.3) is 5.91 Å². The minimum Gasteiger partial charge on any atom is -0.351 e. The van der Waals surface area contributed by atoms with Crippen molar-refractivity contribution in [2.24, 2.45) is 17.3 Å². The molecule has 0 aliphatic carbocycles. The van der Waals surface area contributed by atoms with E-state index in [1.165, 1.54) is 0 Å². The van der Waals surface area contributed by atoms with E-state index in [1.54, 1.807) is 11.7 Å². The third-order valence-electron chi connectivity index (χ3n) is 3.39. The molecule has 6 heteroatoms. The van der Waals surface area contributed by atoms with E-state index in [4.69, 9.17) is 6.42 Å². The average Bonchev–Trinajstić information content (AvgIpc) is 3.10. The van der Waals surface area contributed by atoms with E-state index in [2.05, 4.69) is 26.6 Å². The van der Waals surface area contributed by atoms with E-state index < -0.39 is 0 Å². The maximum Gasteiger partial charge on any atom is 0.269 e. The van der Waals surface area contributed by atoms with Crippen LogP contribution in [-0.2, 0) is 13.5 Å². The van der Waals surface area contributed by atoms with Crippen molar-refractivity contribution >= 4 is 5.91 Å². The van der Waals surface area contributed by atoms with Crippen LogP contribution in [0.5, 0.6) is 0 Å². The molecule has 0 saturated heterocycles. The molecule has 20 heavy (non-hydrogen) atoms. The molecule has 106 valence electrons. The summed E-state index contributed by atoms with van der Waals surface area (Å²) in [5.74, 6) is 2.47. The van der Waals surface area contributed by atoms with E-state index in [1.807, 2.05) is 13.0 Å². The van der Waals surface area contributed by atoms with Crippen LogP contribution < -0.4 is 5.32 Å². The third kappa shape index (κ3) is 3.23. The molecule has 0 bridgehead atoms. The topological polar surface area (TPSA) is 71.6 Å². The molecule has 2 heterocycles. The number of amides is 1. The molecular weight excluding hydrogens is 254 g/mol. The molecule has 0 spiro atoms. The maximum atomic E-state index is 12.0. The summed E-state index contributed by atoms with van der Waals surface area (Å²) in [4.78, 5) is 12.0. The predicted octanol–water partition coefficient (Wildman–Crippen LogP) is 1.68. The molecule has 1 aromatic heterocycles. The summed E-state index contributed by atoms with van der Waals surface area (Å²) in [6.07, 6.45) is 8.15. The second kappa shape index (κ2) is 5.87. The largest absolute Gasteiger partial charge is 0.351 e. The van der Waals surface area contributed by atoms with Gasteiger partial charge in [-0.05, 0) is 12.5 Å². The lowest BCUT2D eigenvalue weighted by molar-refractivity contribution is 0.0942. The van der Waals surface area contributed by atoms with Gasteiger partial charge in [-0.2, -0.15) is 15.3 Å². The van der Waals surface area contributed by atoms with Crippen LogP contribution in [0, 0.1) is 12.3 Å². The van der Waals surface area contributed by atoms with E-state index in [0.29, 0.717) is 25.1 Å². The average molecular weight is 273 g/mol. The Morgan fingerprint density at radius 3 is 2.80 bits per heavy atom. The molecule has 0 radical (unpaired) electrons. The summed E-state index contributed by atoms with van der Waals surface area (Å²) in [6, 6.07) is 1.81. The second-order valence-corrected chi connectivity index (χ2v) is 4.89. The summed E-state index contributed by atoms with van der Waals surface area (Å²) >= 11 is 0. The van der Waals surface area contributed by atoms with Crippen LogP contribution in [0.25, 0.3) is 0 Å². The van der Waals surface area contributed by atoms with E-state index >= 15 is 0 Å². The Balaban J connectivity index is 1.81. The molecule has 1 aromatic rings. The predicted molar refractivity (Wildman–Crippen MR) is 75.2 cm³/mol. The highest BCUT2D eigenvalue weighted by Gasteiger charge is 2.38. The zero-order valence-corrected chi connectivity index (χ0v) is 11.9. The fraction of sp³-hybridized carbons (Fsp3) is 0.571. The summed E-state index contributed by atoms with van der Waals surface area (Å²) in [5, 5.41) is 15.2. The molecule has 6 nitrogen and oxygen atoms in total. The molecule has 1 aliphatic heterocycles. The first-order valence-corrected chi connectivity index (χ1v) is 6.79. The van der Waals surface area contributed by atoms with Crippen LogP contribution in [0.1, 0.15) is 42.4 Å². The Morgan fingerprint density at radius 1 is 1.50 bits per heavy atom. The van der Waals surface area contributed by atoms with Gasteiger partial charge in [-0.25, -0.2) is 0 Å². The Labute approximate surface area is 118 Å². The molecule has 1 amide bonds. The molecule has 0 saturated carbocycles. The lowest BCUT2D eigenvalue weighted by atomic mass is 10.0. The van der Waals surface area contributed by atoms with Gasteiger partial charge < -0.3 is 5.32 Å². The highest BCUT2D eigenvalue weighted by atomic mass is 16.2. The summed E-state index contributed by atoms with van der Waals surface area (Å²) < 4.78 is 1.61. The quantitative estimate of drug-likeness (QED) is 0.768. The first kappa shape index (κ1) is 14.3. The molecule has 0 unspecified atom stereocenters. The van der Waals surface area contributed by atoms with Gasteiger partial charge in [0.05, 0.1) is 5.69 Å². The number of carbonyl (C=O) groups is 1. The minimum absolute atomic E-state index is 0.118. The second-order valence-electron chi connectivity index (χ2n) is 4.89. The van der Waals surface area contributed by atoms with Crippen molar-refractivity contribution in [2.75, 3.05) is 6.54 Å². The van der Waals surface area contributed by atoms with Crippen molar-refractivity contribution in [3.8, 4) is 12.3 Å². The van der Waals surface area contributed by atoms with Gasteiger partial charge in [0.1, 0.15) is 5.69 Å². The number of carbonyl (C=O) groups excluding carboxylic acids is 1. The minimum atomic E-state index is -0.347. The van der Waals surface area contributed by atoms with Gasteiger partial charge >= 0.3 is 0 Å². The SMILES string of the molecule is C#CCCC1(CCNC(=O)c2cc(CC)nn2C)N=N1. The lowest BCUT2D eigenvalue weighted by Crippen LogP contribution is -2.29. The van der Waals surface area contributed by atoms with E-state index in [0.717, 1.165) is 18.5 Å². The fourth-order valence-corrected chi connectivity index (χ4v) is 2.05. The van der Waals surface area contributed by atoms with Gasteiger partial charge in [0.15, 0.2) is 5.66 Å². The number of rotatable bonds is 7. The lowest BCUT2D eigenvalue weighted by Gasteiger charge is -2.09. The van der Waals surface area contributed by atoms with Gasteiger partial charge in [-0.15, -0.1) is 12.3 Å². The Morgan fingerprint density at radius 2 is 2.25 bits per heavy atom. The summed E-state index contributed by atoms with van der Waals surface area (Å²) in [7, 11) is 1.77. The number of aryl methyl sites for hydroxylation is 2. The van der Waals surface area contributed by atoms with E-state index in [9.17, 15) is 4.79 Å². The number of hydrogen-bond donors (Lipinski definition) is 1. The van der Waals surface area contributed by atoms with Crippen molar-refractivity contribution in [3.05, 3.63) is 17.5 Å². The van der Waals surface area contributed by atoms with Gasteiger partial charge in [0, 0.05) is 32.9 Å². The van der Waals surface area contributed by atoms with Gasteiger partial charge in [-0.1, -0.05) is 6.92 Å². The van der Waals surface area contributed by atoms with Crippen molar-refractivity contribution < 1.29 is 4.79 Å². The Kier molecular flexibility index (Phi) is 4.18. The molecular formula is C14H19N5O. The van der Waals surface area contributed by atoms with Crippen LogP contribution in [0.15, 0.2) is 16.3 Å². The molecule has 0 aromatic carbocycles. The smallest absolute Gasteiger partial charge is 0.269 e. The van der Waals surface area contributed by atoms with Crippen LogP contribution in [-0.4, -0.2) is 27.9 Å². The summed E-state index contributed by atoms with van der Waals surface area (Å²) in [6.45, 7) is 2.54. The van der Waals surface area contributed by atoms with Crippen LogP contribution in [0.3, 0.4) is 0 Å². The Hall–Kier alpha value is -2.16.